The zero-order valence-corrected chi connectivity index (χ0v) is 8.16. The van der Waals surface area contributed by atoms with Gasteiger partial charge in [0.25, 0.3) is 0 Å². The first kappa shape index (κ1) is 8.56. The summed E-state index contributed by atoms with van der Waals surface area (Å²) in [5.74, 6) is 1.65. The molecule has 2 rings (SSSR count). The first-order valence-corrected chi connectivity index (χ1v) is 4.61. The minimum Gasteiger partial charge on any atom is -0.425 e. The molecule has 0 spiro atoms. The number of likely N-dealkylation sites (N-methyl/N-ethyl adjacent to an activating group) is 1. The zero-order chi connectivity index (χ0) is 9.26. The van der Waals surface area contributed by atoms with Crippen LogP contribution in [0.1, 0.15) is 5.89 Å². The van der Waals surface area contributed by atoms with Crippen LogP contribution in [0.3, 0.4) is 0 Å². The number of aryl methyl sites for hydroxylation is 1. The van der Waals surface area contributed by atoms with Crippen LogP contribution in [0.15, 0.2) is 10.6 Å². The average Bonchev–Trinajstić information content (AvgIpc) is 2.53. The fourth-order valence-electron chi connectivity index (χ4n) is 1.52. The van der Waals surface area contributed by atoms with Crippen molar-refractivity contribution in [3.63, 3.8) is 0 Å². The molecular formula is C9H15N3O. The van der Waals surface area contributed by atoms with E-state index in [1.165, 1.54) is 0 Å². The molecule has 0 unspecified atom stereocenters. The highest BCUT2D eigenvalue weighted by molar-refractivity contribution is 5.33. The number of rotatable bonds is 1. The summed E-state index contributed by atoms with van der Waals surface area (Å²) in [6.07, 6.45) is 1.81. The fraction of sp³-hybridized carbons (Fsp3) is 0.667. The van der Waals surface area contributed by atoms with Crippen LogP contribution >= 0.6 is 0 Å². The molecule has 2 heterocycles. The quantitative estimate of drug-likeness (QED) is 0.639. The highest BCUT2D eigenvalue weighted by atomic mass is 16.4. The van der Waals surface area contributed by atoms with Crippen molar-refractivity contribution in [1.82, 2.24) is 9.88 Å². The first-order chi connectivity index (χ1) is 6.25. The van der Waals surface area contributed by atoms with Gasteiger partial charge in [-0.15, -0.1) is 0 Å². The number of anilines is 1. The van der Waals surface area contributed by atoms with Crippen LogP contribution in [0.5, 0.6) is 0 Å². The summed E-state index contributed by atoms with van der Waals surface area (Å²) in [5, 5.41) is 0. The highest BCUT2D eigenvalue weighted by Crippen LogP contribution is 2.16. The summed E-state index contributed by atoms with van der Waals surface area (Å²) in [6.45, 7) is 6.13. The third kappa shape index (κ3) is 1.83. The van der Waals surface area contributed by atoms with E-state index in [1.54, 1.807) is 6.20 Å². The lowest BCUT2D eigenvalue weighted by molar-refractivity contribution is 0.305. The molecule has 0 atom stereocenters. The Morgan fingerprint density at radius 3 is 2.54 bits per heavy atom. The largest absolute Gasteiger partial charge is 0.425 e. The van der Waals surface area contributed by atoms with Crippen molar-refractivity contribution in [1.29, 1.82) is 0 Å². The smallest absolute Gasteiger partial charge is 0.216 e. The van der Waals surface area contributed by atoms with Crippen molar-refractivity contribution >= 4 is 5.88 Å². The molecule has 0 aromatic carbocycles. The molecule has 0 N–H and O–H groups in total. The molecule has 1 aliphatic rings. The second-order valence-electron chi connectivity index (χ2n) is 3.51. The van der Waals surface area contributed by atoms with Gasteiger partial charge in [-0.05, 0) is 7.05 Å². The normalized spacial score (nSPS) is 19.4. The maximum Gasteiger partial charge on any atom is 0.216 e. The van der Waals surface area contributed by atoms with Crippen molar-refractivity contribution in [3.05, 3.63) is 12.1 Å². The van der Waals surface area contributed by atoms with Crippen molar-refractivity contribution in [2.75, 3.05) is 38.1 Å². The van der Waals surface area contributed by atoms with Gasteiger partial charge in [-0.25, -0.2) is 4.98 Å². The second kappa shape index (κ2) is 3.38. The van der Waals surface area contributed by atoms with E-state index in [0.717, 1.165) is 38.0 Å². The molecule has 0 bridgehead atoms. The van der Waals surface area contributed by atoms with E-state index in [1.807, 2.05) is 6.92 Å². The van der Waals surface area contributed by atoms with Crippen LogP contribution in [0.25, 0.3) is 0 Å². The minimum atomic E-state index is 0.744. The molecule has 0 amide bonds. The lowest BCUT2D eigenvalue weighted by Gasteiger charge is -2.31. The number of nitrogens with zero attached hydrogens (tertiary/aromatic N) is 3. The van der Waals surface area contributed by atoms with Crippen molar-refractivity contribution in [2.24, 2.45) is 0 Å². The molecule has 0 aliphatic carbocycles. The van der Waals surface area contributed by atoms with Gasteiger partial charge in [0, 0.05) is 33.1 Å². The molecule has 1 fully saturated rings. The van der Waals surface area contributed by atoms with Crippen molar-refractivity contribution < 1.29 is 4.42 Å². The van der Waals surface area contributed by atoms with E-state index in [9.17, 15) is 0 Å². The summed E-state index contributed by atoms with van der Waals surface area (Å²) >= 11 is 0. The van der Waals surface area contributed by atoms with Gasteiger partial charge in [-0.2, -0.15) is 0 Å². The second-order valence-corrected chi connectivity index (χ2v) is 3.51. The molecule has 0 saturated carbocycles. The Morgan fingerprint density at radius 1 is 1.31 bits per heavy atom. The molecule has 4 nitrogen and oxygen atoms in total. The molecule has 0 radical (unpaired) electrons. The lowest BCUT2D eigenvalue weighted by Crippen LogP contribution is -2.44. The summed E-state index contributed by atoms with van der Waals surface area (Å²) in [7, 11) is 2.14. The topological polar surface area (TPSA) is 32.5 Å². The number of aromatic nitrogens is 1. The Balaban J connectivity index is 2.02. The Hall–Kier alpha value is -1.03. The standard InChI is InChI=1S/C9H15N3O/c1-8-10-7-9(13-8)12-5-3-11(2)4-6-12/h7H,3-6H2,1-2H3. The monoisotopic (exact) mass is 181 g/mol. The van der Waals surface area contributed by atoms with Crippen LogP contribution in [-0.2, 0) is 0 Å². The maximum absolute atomic E-state index is 5.45. The lowest BCUT2D eigenvalue weighted by atomic mass is 10.3. The molecule has 72 valence electrons. The van der Waals surface area contributed by atoms with E-state index >= 15 is 0 Å². The SMILES string of the molecule is Cc1ncc(N2CCN(C)CC2)o1. The summed E-state index contributed by atoms with van der Waals surface area (Å²) in [5.41, 5.74) is 0. The third-order valence-electron chi connectivity index (χ3n) is 2.42. The molecule has 4 heteroatoms. The highest BCUT2D eigenvalue weighted by Gasteiger charge is 2.16. The van der Waals surface area contributed by atoms with Gasteiger partial charge >= 0.3 is 0 Å². The van der Waals surface area contributed by atoms with E-state index in [-0.39, 0.29) is 0 Å². The van der Waals surface area contributed by atoms with Gasteiger partial charge in [-0.1, -0.05) is 0 Å². The average molecular weight is 181 g/mol. The van der Waals surface area contributed by atoms with E-state index in [2.05, 4.69) is 21.8 Å². The number of oxazole rings is 1. The van der Waals surface area contributed by atoms with E-state index in [4.69, 9.17) is 4.42 Å². The molecule has 1 aromatic rings. The molecule has 13 heavy (non-hydrogen) atoms. The van der Waals surface area contributed by atoms with Crippen LogP contribution < -0.4 is 4.90 Å². The Bertz CT molecular complexity index is 276. The Morgan fingerprint density at radius 2 is 2.00 bits per heavy atom. The van der Waals surface area contributed by atoms with Gasteiger partial charge in [0.05, 0.1) is 6.20 Å². The summed E-state index contributed by atoms with van der Waals surface area (Å²) in [4.78, 5) is 8.64. The summed E-state index contributed by atoms with van der Waals surface area (Å²) in [6, 6.07) is 0. The van der Waals surface area contributed by atoms with Gasteiger partial charge in [-0.3, -0.25) is 0 Å². The van der Waals surface area contributed by atoms with Gasteiger partial charge in [0.1, 0.15) is 0 Å². The predicted octanol–water partition coefficient (Wildman–Crippen LogP) is 0.735. The fourth-order valence-corrected chi connectivity index (χ4v) is 1.52. The van der Waals surface area contributed by atoms with E-state index < -0.39 is 0 Å². The molecule has 1 saturated heterocycles. The van der Waals surface area contributed by atoms with Crippen molar-refractivity contribution in [3.8, 4) is 0 Å². The third-order valence-corrected chi connectivity index (χ3v) is 2.42. The predicted molar refractivity (Wildman–Crippen MR) is 51.0 cm³/mol. The van der Waals surface area contributed by atoms with Crippen LogP contribution in [0.2, 0.25) is 0 Å². The van der Waals surface area contributed by atoms with Crippen LogP contribution in [-0.4, -0.2) is 43.1 Å². The Labute approximate surface area is 78.1 Å². The van der Waals surface area contributed by atoms with Crippen LogP contribution in [0, 0.1) is 6.92 Å². The number of piperazine rings is 1. The van der Waals surface area contributed by atoms with Crippen LogP contribution in [0.4, 0.5) is 5.88 Å². The van der Waals surface area contributed by atoms with Gasteiger partial charge in [0.2, 0.25) is 5.88 Å². The zero-order valence-electron chi connectivity index (χ0n) is 8.16. The van der Waals surface area contributed by atoms with Crippen molar-refractivity contribution in [2.45, 2.75) is 6.92 Å². The molecule has 1 aliphatic heterocycles. The van der Waals surface area contributed by atoms with E-state index in [0.29, 0.717) is 0 Å². The first-order valence-electron chi connectivity index (χ1n) is 4.61. The Kier molecular flexibility index (Phi) is 2.22. The number of hydrogen-bond acceptors (Lipinski definition) is 4. The van der Waals surface area contributed by atoms with Gasteiger partial charge in [0.15, 0.2) is 5.89 Å². The summed E-state index contributed by atoms with van der Waals surface area (Å²) < 4.78 is 5.45. The minimum absolute atomic E-state index is 0.744. The maximum atomic E-state index is 5.45. The molecule has 1 aromatic heterocycles. The molecular weight excluding hydrogens is 166 g/mol. The number of hydrogen-bond donors (Lipinski definition) is 0. The van der Waals surface area contributed by atoms with Gasteiger partial charge < -0.3 is 14.2 Å².